The van der Waals surface area contributed by atoms with Gasteiger partial charge in [-0.3, -0.25) is 9.36 Å². The van der Waals surface area contributed by atoms with Crippen LogP contribution in [0.25, 0.3) is 11.1 Å². The zero-order valence-electron chi connectivity index (χ0n) is 11.1. The van der Waals surface area contributed by atoms with Gasteiger partial charge in [-0.05, 0) is 25.1 Å². The minimum absolute atomic E-state index is 0.127. The molecule has 2 rings (SSSR count). The maximum Gasteiger partial charge on any atom is 0.419 e. The molecular formula is C13H12F3NO4. The van der Waals surface area contributed by atoms with Gasteiger partial charge in [0.05, 0.1) is 5.52 Å². The standard InChI is InChI=1S/C13H12F3NO4/c1-2-17-9-4-3-8(5-11(9)21-12(17)19)10(18)6-20-7-13(14,15)16/h3-5H,2,6-7H2,1H3. The van der Waals surface area contributed by atoms with Crippen LogP contribution in [0.1, 0.15) is 17.3 Å². The Morgan fingerprint density at radius 1 is 1.38 bits per heavy atom. The third-order valence-electron chi connectivity index (χ3n) is 2.81. The van der Waals surface area contributed by atoms with Gasteiger partial charge in [-0.2, -0.15) is 13.2 Å². The first-order valence-electron chi connectivity index (χ1n) is 6.13. The predicted molar refractivity (Wildman–Crippen MR) is 67.4 cm³/mol. The van der Waals surface area contributed by atoms with Gasteiger partial charge < -0.3 is 9.15 Å². The van der Waals surface area contributed by atoms with Gasteiger partial charge in [0.1, 0.15) is 13.2 Å². The summed E-state index contributed by atoms with van der Waals surface area (Å²) in [4.78, 5) is 23.2. The molecule has 0 radical (unpaired) electrons. The molecule has 8 heteroatoms. The Hall–Kier alpha value is -2.09. The Morgan fingerprint density at radius 3 is 2.71 bits per heavy atom. The second-order valence-electron chi connectivity index (χ2n) is 4.33. The largest absolute Gasteiger partial charge is 0.419 e. The van der Waals surface area contributed by atoms with Gasteiger partial charge in [0.25, 0.3) is 0 Å². The van der Waals surface area contributed by atoms with Crippen LogP contribution in [0.2, 0.25) is 0 Å². The first-order valence-corrected chi connectivity index (χ1v) is 6.13. The summed E-state index contributed by atoms with van der Waals surface area (Å²) in [6.07, 6.45) is -4.48. The van der Waals surface area contributed by atoms with Gasteiger partial charge in [-0.25, -0.2) is 4.79 Å². The zero-order chi connectivity index (χ0) is 15.6. The SMILES string of the molecule is CCn1c(=O)oc2cc(C(=O)COCC(F)(F)F)ccc21. The van der Waals surface area contributed by atoms with E-state index in [4.69, 9.17) is 4.42 Å². The molecule has 2 aromatic rings. The molecule has 1 aromatic carbocycles. The summed E-state index contributed by atoms with van der Waals surface area (Å²) >= 11 is 0. The van der Waals surface area contributed by atoms with E-state index in [1.54, 1.807) is 6.92 Å². The molecule has 0 saturated carbocycles. The molecule has 0 spiro atoms. The topological polar surface area (TPSA) is 61.4 Å². The van der Waals surface area contributed by atoms with E-state index in [1.165, 1.54) is 22.8 Å². The lowest BCUT2D eigenvalue weighted by Crippen LogP contribution is -2.20. The van der Waals surface area contributed by atoms with Crippen molar-refractivity contribution in [3.05, 3.63) is 34.3 Å². The highest BCUT2D eigenvalue weighted by atomic mass is 19.4. The second kappa shape index (κ2) is 5.72. The van der Waals surface area contributed by atoms with Crippen LogP contribution in [-0.4, -0.2) is 29.7 Å². The van der Waals surface area contributed by atoms with Crippen LogP contribution in [0.4, 0.5) is 13.2 Å². The van der Waals surface area contributed by atoms with Crippen LogP contribution in [0, 0.1) is 0 Å². The van der Waals surface area contributed by atoms with E-state index >= 15 is 0 Å². The van der Waals surface area contributed by atoms with Crippen LogP contribution in [0.15, 0.2) is 27.4 Å². The Kier molecular flexibility index (Phi) is 4.17. The average molecular weight is 303 g/mol. The van der Waals surface area contributed by atoms with E-state index in [2.05, 4.69) is 4.74 Å². The fourth-order valence-corrected chi connectivity index (χ4v) is 1.88. The van der Waals surface area contributed by atoms with E-state index in [-0.39, 0.29) is 11.1 Å². The van der Waals surface area contributed by atoms with Crippen molar-refractivity contribution in [1.29, 1.82) is 0 Å². The van der Waals surface area contributed by atoms with E-state index in [0.717, 1.165) is 0 Å². The maximum atomic E-state index is 11.9. The van der Waals surface area contributed by atoms with Crippen LogP contribution in [0.3, 0.4) is 0 Å². The normalized spacial score (nSPS) is 12.0. The molecule has 0 atom stereocenters. The molecule has 0 aliphatic carbocycles. The number of nitrogens with zero attached hydrogens (tertiary/aromatic N) is 1. The molecule has 0 saturated heterocycles. The fourth-order valence-electron chi connectivity index (χ4n) is 1.88. The minimum atomic E-state index is -4.48. The monoisotopic (exact) mass is 303 g/mol. The fraction of sp³-hybridized carbons (Fsp3) is 0.385. The third-order valence-corrected chi connectivity index (χ3v) is 2.81. The summed E-state index contributed by atoms with van der Waals surface area (Å²) < 4.78 is 46.4. The number of hydrogen-bond acceptors (Lipinski definition) is 4. The number of hydrogen-bond donors (Lipinski definition) is 0. The van der Waals surface area contributed by atoms with Gasteiger partial charge >= 0.3 is 11.9 Å². The van der Waals surface area contributed by atoms with E-state index in [0.29, 0.717) is 12.1 Å². The summed E-state index contributed by atoms with van der Waals surface area (Å²) in [5.41, 5.74) is 0.862. The van der Waals surface area contributed by atoms with Crippen LogP contribution >= 0.6 is 0 Å². The molecule has 5 nitrogen and oxygen atoms in total. The number of fused-ring (bicyclic) bond motifs is 1. The van der Waals surface area contributed by atoms with Crippen molar-refractivity contribution in [3.63, 3.8) is 0 Å². The molecule has 0 N–H and O–H groups in total. The Morgan fingerprint density at radius 2 is 2.10 bits per heavy atom. The number of Topliss-reactive ketones (excluding diaryl/α,β-unsaturated/α-hetero) is 1. The molecule has 0 amide bonds. The van der Waals surface area contributed by atoms with E-state index in [9.17, 15) is 22.8 Å². The van der Waals surface area contributed by atoms with Gasteiger partial charge in [-0.15, -0.1) is 0 Å². The first-order chi connectivity index (χ1) is 9.81. The minimum Gasteiger partial charge on any atom is -0.408 e. The summed E-state index contributed by atoms with van der Waals surface area (Å²) in [6, 6.07) is 4.26. The van der Waals surface area contributed by atoms with Crippen molar-refractivity contribution in [1.82, 2.24) is 4.57 Å². The molecule has 114 valence electrons. The first kappa shape index (κ1) is 15.3. The lowest BCUT2D eigenvalue weighted by atomic mass is 10.1. The molecule has 0 aliphatic heterocycles. The summed E-state index contributed by atoms with van der Waals surface area (Å²) in [5.74, 6) is -1.17. The molecule has 0 unspecified atom stereocenters. The highest BCUT2D eigenvalue weighted by molar-refractivity contribution is 5.99. The molecular weight excluding hydrogens is 291 g/mol. The van der Waals surface area contributed by atoms with Gasteiger partial charge in [0, 0.05) is 12.1 Å². The lowest BCUT2D eigenvalue weighted by molar-refractivity contribution is -0.170. The van der Waals surface area contributed by atoms with E-state index in [1.807, 2.05) is 0 Å². The van der Waals surface area contributed by atoms with Crippen molar-refractivity contribution in [2.45, 2.75) is 19.6 Å². The molecule has 0 aliphatic rings. The molecule has 0 fully saturated rings. The lowest BCUT2D eigenvalue weighted by Gasteiger charge is -2.06. The summed E-state index contributed by atoms with van der Waals surface area (Å²) in [7, 11) is 0. The van der Waals surface area contributed by atoms with Crippen molar-refractivity contribution in [2.75, 3.05) is 13.2 Å². The second-order valence-corrected chi connectivity index (χ2v) is 4.33. The van der Waals surface area contributed by atoms with Crippen molar-refractivity contribution in [3.8, 4) is 0 Å². The number of ketones is 1. The molecule has 1 aromatic heterocycles. The quantitative estimate of drug-likeness (QED) is 0.796. The van der Waals surface area contributed by atoms with Crippen LogP contribution < -0.4 is 5.76 Å². The number of aryl methyl sites for hydroxylation is 1. The molecule has 0 bridgehead atoms. The van der Waals surface area contributed by atoms with Gasteiger partial charge in [-0.1, -0.05) is 0 Å². The number of aromatic nitrogens is 1. The van der Waals surface area contributed by atoms with Crippen molar-refractivity contribution >= 4 is 16.9 Å². The van der Waals surface area contributed by atoms with Crippen LogP contribution in [0.5, 0.6) is 0 Å². The number of benzene rings is 1. The molecule has 21 heavy (non-hydrogen) atoms. The van der Waals surface area contributed by atoms with Crippen molar-refractivity contribution in [2.24, 2.45) is 0 Å². The molecule has 1 heterocycles. The number of carbonyl (C=O) groups is 1. The van der Waals surface area contributed by atoms with Crippen molar-refractivity contribution < 1.29 is 27.1 Å². The van der Waals surface area contributed by atoms with Gasteiger partial charge in [0.15, 0.2) is 11.4 Å². The summed E-state index contributed by atoms with van der Waals surface area (Å²) in [5, 5.41) is 0. The highest BCUT2D eigenvalue weighted by Crippen LogP contribution is 2.17. The number of oxazole rings is 1. The summed E-state index contributed by atoms with van der Waals surface area (Å²) in [6.45, 7) is 0.000234. The average Bonchev–Trinajstić information content (AvgIpc) is 2.71. The zero-order valence-corrected chi connectivity index (χ0v) is 11.1. The third kappa shape index (κ3) is 3.52. The number of ether oxygens (including phenoxy) is 1. The van der Waals surface area contributed by atoms with E-state index < -0.39 is 30.9 Å². The Labute approximate surface area is 116 Å². The number of halogens is 3. The number of carbonyl (C=O) groups excluding carboxylic acids is 1. The smallest absolute Gasteiger partial charge is 0.408 e. The highest BCUT2D eigenvalue weighted by Gasteiger charge is 2.27. The van der Waals surface area contributed by atoms with Crippen LogP contribution in [-0.2, 0) is 11.3 Å². The Bertz CT molecular complexity index is 714. The maximum absolute atomic E-state index is 11.9. The Balaban J connectivity index is 2.16. The van der Waals surface area contributed by atoms with Gasteiger partial charge in [0.2, 0.25) is 0 Å². The number of alkyl halides is 3. The number of rotatable bonds is 5. The predicted octanol–water partition coefficient (Wildman–Crippen LogP) is 2.38.